The lowest BCUT2D eigenvalue weighted by Crippen LogP contribution is -2.05. The van der Waals surface area contributed by atoms with Gasteiger partial charge < -0.3 is 10.3 Å². The van der Waals surface area contributed by atoms with Gasteiger partial charge in [-0.05, 0) is 17.7 Å². The van der Waals surface area contributed by atoms with Gasteiger partial charge in [-0.3, -0.25) is 0 Å². The number of benzene rings is 1. The first kappa shape index (κ1) is 13.9. The highest BCUT2D eigenvalue weighted by molar-refractivity contribution is 9.10. The lowest BCUT2D eigenvalue weighted by Gasteiger charge is -2.05. The van der Waals surface area contributed by atoms with E-state index in [1.165, 1.54) is 0 Å². The summed E-state index contributed by atoms with van der Waals surface area (Å²) in [5.74, 6) is 1.53. The number of thioether (sulfide) groups is 1. The van der Waals surface area contributed by atoms with Gasteiger partial charge >= 0.3 is 0 Å². The van der Waals surface area contributed by atoms with Crippen LogP contribution in [-0.2, 0) is 19.3 Å². The van der Waals surface area contributed by atoms with Crippen LogP contribution in [0, 0.1) is 0 Å². The molecule has 2 rings (SSSR count). The molecule has 7 heteroatoms. The van der Waals surface area contributed by atoms with Gasteiger partial charge in [0.2, 0.25) is 0 Å². The Morgan fingerprint density at radius 3 is 2.83 bits per heavy atom. The van der Waals surface area contributed by atoms with E-state index in [1.807, 2.05) is 29.8 Å². The molecule has 0 atom stereocenters. The van der Waals surface area contributed by atoms with Crippen molar-refractivity contribution in [3.63, 3.8) is 0 Å². The summed E-state index contributed by atoms with van der Waals surface area (Å²) in [4.78, 5) is 0. The highest BCUT2D eigenvalue weighted by Gasteiger charge is 2.09. The SMILES string of the molecule is Cn1c(CN)nnc1SCc1ccc(Br)cc1Cl. The Morgan fingerprint density at radius 2 is 2.22 bits per heavy atom. The van der Waals surface area contributed by atoms with Gasteiger partial charge in [0.05, 0.1) is 6.54 Å². The predicted octanol–water partition coefficient (Wildman–Crippen LogP) is 2.98. The molecule has 2 aromatic rings. The molecule has 1 heterocycles. The largest absolute Gasteiger partial charge is 0.324 e. The highest BCUT2D eigenvalue weighted by atomic mass is 79.9. The third-order valence-electron chi connectivity index (χ3n) is 2.48. The standard InChI is InChI=1S/C11H12BrClN4S/c1-17-10(5-14)15-16-11(17)18-6-7-2-3-8(12)4-9(7)13/h2-4H,5-6,14H2,1H3. The molecule has 0 amide bonds. The summed E-state index contributed by atoms with van der Waals surface area (Å²) in [7, 11) is 1.91. The molecule has 0 saturated heterocycles. The molecule has 0 spiro atoms. The summed E-state index contributed by atoms with van der Waals surface area (Å²) in [6, 6.07) is 5.86. The van der Waals surface area contributed by atoms with Crippen molar-refractivity contribution in [1.29, 1.82) is 0 Å². The number of hydrogen-bond donors (Lipinski definition) is 1. The van der Waals surface area contributed by atoms with Crippen LogP contribution in [0.1, 0.15) is 11.4 Å². The van der Waals surface area contributed by atoms with Gasteiger partial charge in [-0.1, -0.05) is 45.4 Å². The first-order chi connectivity index (χ1) is 8.61. The molecule has 0 aliphatic carbocycles. The van der Waals surface area contributed by atoms with Crippen LogP contribution in [-0.4, -0.2) is 14.8 Å². The first-order valence-electron chi connectivity index (χ1n) is 5.27. The van der Waals surface area contributed by atoms with Crippen LogP contribution in [0.5, 0.6) is 0 Å². The van der Waals surface area contributed by atoms with E-state index in [2.05, 4.69) is 26.1 Å². The Labute approximate surface area is 123 Å². The normalized spacial score (nSPS) is 10.9. The molecule has 1 aromatic carbocycles. The van der Waals surface area contributed by atoms with Crippen molar-refractivity contribution in [2.24, 2.45) is 12.8 Å². The minimum Gasteiger partial charge on any atom is -0.324 e. The Balaban J connectivity index is 2.09. The van der Waals surface area contributed by atoms with Crippen LogP contribution in [0.25, 0.3) is 0 Å². The average molecular weight is 348 g/mol. The van der Waals surface area contributed by atoms with E-state index in [-0.39, 0.29) is 0 Å². The van der Waals surface area contributed by atoms with Crippen molar-refractivity contribution in [1.82, 2.24) is 14.8 Å². The third-order valence-corrected chi connectivity index (χ3v) is 4.39. The summed E-state index contributed by atoms with van der Waals surface area (Å²) >= 11 is 11.1. The molecular weight excluding hydrogens is 336 g/mol. The van der Waals surface area contributed by atoms with Crippen molar-refractivity contribution in [2.45, 2.75) is 17.5 Å². The Kier molecular flexibility index (Phi) is 4.66. The van der Waals surface area contributed by atoms with Gasteiger partial charge in [-0.25, -0.2) is 0 Å². The maximum absolute atomic E-state index is 6.16. The molecule has 18 heavy (non-hydrogen) atoms. The summed E-state index contributed by atoms with van der Waals surface area (Å²) in [6.45, 7) is 0.392. The third kappa shape index (κ3) is 3.06. The zero-order chi connectivity index (χ0) is 13.1. The fourth-order valence-electron chi connectivity index (χ4n) is 1.43. The predicted molar refractivity (Wildman–Crippen MR) is 77.6 cm³/mol. The second-order valence-electron chi connectivity index (χ2n) is 3.69. The van der Waals surface area contributed by atoms with Gasteiger partial charge in [0.15, 0.2) is 5.16 Å². The van der Waals surface area contributed by atoms with Crippen molar-refractivity contribution in [3.8, 4) is 0 Å². The maximum Gasteiger partial charge on any atom is 0.191 e. The van der Waals surface area contributed by atoms with Gasteiger partial charge in [-0.15, -0.1) is 10.2 Å². The van der Waals surface area contributed by atoms with Gasteiger partial charge in [0, 0.05) is 22.3 Å². The van der Waals surface area contributed by atoms with E-state index in [0.717, 1.165) is 31.8 Å². The molecule has 0 fully saturated rings. The van der Waals surface area contributed by atoms with Crippen molar-refractivity contribution in [3.05, 3.63) is 39.1 Å². The Bertz CT molecular complexity index is 558. The van der Waals surface area contributed by atoms with Crippen LogP contribution < -0.4 is 5.73 Å². The van der Waals surface area contributed by atoms with E-state index in [0.29, 0.717) is 6.54 Å². The second-order valence-corrected chi connectivity index (χ2v) is 5.95. The monoisotopic (exact) mass is 346 g/mol. The highest BCUT2D eigenvalue weighted by Crippen LogP contribution is 2.27. The minimum absolute atomic E-state index is 0.392. The van der Waals surface area contributed by atoms with E-state index in [9.17, 15) is 0 Å². The molecule has 4 nitrogen and oxygen atoms in total. The molecule has 0 saturated carbocycles. The zero-order valence-corrected chi connectivity index (χ0v) is 12.9. The maximum atomic E-state index is 6.16. The van der Waals surface area contributed by atoms with Crippen molar-refractivity contribution in [2.75, 3.05) is 0 Å². The summed E-state index contributed by atoms with van der Waals surface area (Å²) in [5.41, 5.74) is 6.62. The number of halogens is 2. The van der Waals surface area contributed by atoms with Crippen LogP contribution >= 0.6 is 39.3 Å². The molecule has 96 valence electrons. The Morgan fingerprint density at radius 1 is 1.44 bits per heavy atom. The molecule has 0 aliphatic heterocycles. The second kappa shape index (κ2) is 6.06. The molecule has 0 radical (unpaired) electrons. The summed E-state index contributed by atoms with van der Waals surface area (Å²) < 4.78 is 2.88. The van der Waals surface area contributed by atoms with E-state index >= 15 is 0 Å². The molecule has 2 N–H and O–H groups in total. The topological polar surface area (TPSA) is 56.7 Å². The van der Waals surface area contributed by atoms with Gasteiger partial charge in [0.25, 0.3) is 0 Å². The van der Waals surface area contributed by atoms with Crippen molar-refractivity contribution < 1.29 is 0 Å². The average Bonchev–Trinajstić information content (AvgIpc) is 2.69. The molecular formula is C11H12BrClN4S. The van der Waals surface area contributed by atoms with Gasteiger partial charge in [-0.2, -0.15) is 0 Å². The van der Waals surface area contributed by atoms with Crippen LogP contribution in [0.3, 0.4) is 0 Å². The van der Waals surface area contributed by atoms with Gasteiger partial charge in [0.1, 0.15) is 5.82 Å². The summed E-state index contributed by atoms with van der Waals surface area (Å²) in [6.07, 6.45) is 0. The molecule has 0 aliphatic rings. The lowest BCUT2D eigenvalue weighted by atomic mass is 10.2. The number of nitrogens with zero attached hydrogens (tertiary/aromatic N) is 3. The minimum atomic E-state index is 0.392. The van der Waals surface area contributed by atoms with E-state index in [1.54, 1.807) is 11.8 Å². The fraction of sp³-hybridized carbons (Fsp3) is 0.273. The molecule has 0 unspecified atom stereocenters. The quantitative estimate of drug-likeness (QED) is 0.864. The van der Waals surface area contributed by atoms with Crippen molar-refractivity contribution >= 4 is 39.3 Å². The molecule has 0 bridgehead atoms. The Hall–Kier alpha value is -0.560. The first-order valence-corrected chi connectivity index (χ1v) is 7.42. The van der Waals surface area contributed by atoms with Crippen LogP contribution in [0.2, 0.25) is 5.02 Å². The number of nitrogens with two attached hydrogens (primary N) is 1. The van der Waals surface area contributed by atoms with E-state index in [4.69, 9.17) is 17.3 Å². The van der Waals surface area contributed by atoms with E-state index < -0.39 is 0 Å². The zero-order valence-electron chi connectivity index (χ0n) is 9.73. The van der Waals surface area contributed by atoms with Crippen LogP contribution in [0.4, 0.5) is 0 Å². The lowest BCUT2D eigenvalue weighted by molar-refractivity contribution is 0.734. The number of rotatable bonds is 4. The number of hydrogen-bond acceptors (Lipinski definition) is 4. The smallest absolute Gasteiger partial charge is 0.191 e. The summed E-state index contributed by atoms with van der Waals surface area (Å²) in [5, 5.41) is 9.69. The van der Waals surface area contributed by atoms with Crippen LogP contribution in [0.15, 0.2) is 27.8 Å². The number of aromatic nitrogens is 3. The fourth-order valence-corrected chi connectivity index (χ4v) is 3.18. The molecule has 1 aromatic heterocycles.